The van der Waals surface area contributed by atoms with Crippen LogP contribution in [0.5, 0.6) is 11.6 Å². The quantitative estimate of drug-likeness (QED) is 0.561. The van der Waals surface area contributed by atoms with E-state index in [0.717, 1.165) is 16.6 Å². The van der Waals surface area contributed by atoms with Crippen LogP contribution in [0.3, 0.4) is 0 Å². The fourth-order valence-corrected chi connectivity index (χ4v) is 2.74. The largest absolute Gasteiger partial charge is 0.438 e. The molecule has 8 nitrogen and oxygen atoms in total. The molecule has 28 heavy (non-hydrogen) atoms. The van der Waals surface area contributed by atoms with Crippen LogP contribution < -0.4 is 15.4 Å². The van der Waals surface area contributed by atoms with Crippen molar-refractivity contribution in [2.45, 2.75) is 6.92 Å². The van der Waals surface area contributed by atoms with Gasteiger partial charge in [0.25, 0.3) is 0 Å². The third kappa shape index (κ3) is 3.75. The van der Waals surface area contributed by atoms with Gasteiger partial charge in [0.05, 0.1) is 23.1 Å². The lowest BCUT2D eigenvalue weighted by Crippen LogP contribution is -2.19. The number of ether oxygens (including phenoxy) is 1. The Morgan fingerprint density at radius 2 is 1.82 bits per heavy atom. The van der Waals surface area contributed by atoms with E-state index in [0.29, 0.717) is 23.0 Å². The lowest BCUT2D eigenvalue weighted by molar-refractivity contribution is 0.262. The first-order valence-electron chi connectivity index (χ1n) is 8.65. The minimum absolute atomic E-state index is 0.338. The maximum absolute atomic E-state index is 12.3. The Hall–Kier alpha value is -3.94. The van der Waals surface area contributed by atoms with E-state index in [4.69, 9.17) is 4.74 Å². The van der Waals surface area contributed by atoms with Crippen molar-refractivity contribution < 1.29 is 9.53 Å². The number of amides is 2. The molecule has 140 valence electrons. The Kier molecular flexibility index (Phi) is 4.59. The fraction of sp³-hybridized carbons (Fsp3) is 0.100. The highest BCUT2D eigenvalue weighted by Gasteiger charge is 2.09. The van der Waals surface area contributed by atoms with Crippen LogP contribution in [0, 0.1) is 6.92 Å². The van der Waals surface area contributed by atoms with Crippen LogP contribution in [0.15, 0.2) is 60.8 Å². The second-order valence-electron chi connectivity index (χ2n) is 6.23. The Bertz CT molecular complexity index is 1120. The molecule has 0 fully saturated rings. The van der Waals surface area contributed by atoms with Crippen molar-refractivity contribution in [1.82, 2.24) is 20.0 Å². The van der Waals surface area contributed by atoms with Crippen molar-refractivity contribution in [3.8, 4) is 11.6 Å². The van der Waals surface area contributed by atoms with Gasteiger partial charge in [0.2, 0.25) is 5.88 Å². The summed E-state index contributed by atoms with van der Waals surface area (Å²) >= 11 is 0. The molecule has 0 saturated heterocycles. The molecular formula is C20H18N6O2. The fourth-order valence-electron chi connectivity index (χ4n) is 2.74. The van der Waals surface area contributed by atoms with Crippen LogP contribution in [0.4, 0.5) is 16.2 Å². The van der Waals surface area contributed by atoms with Crippen LogP contribution in [-0.4, -0.2) is 26.0 Å². The molecule has 8 heteroatoms. The monoisotopic (exact) mass is 374 g/mol. The maximum Gasteiger partial charge on any atom is 0.323 e. The van der Waals surface area contributed by atoms with E-state index >= 15 is 0 Å². The minimum Gasteiger partial charge on any atom is -0.438 e. The SMILES string of the molecule is Cc1ccc(Oc2ccc(NC(=O)Nc3cccc4c3cnn4C)cc2)nn1. The van der Waals surface area contributed by atoms with Gasteiger partial charge < -0.3 is 15.4 Å². The van der Waals surface area contributed by atoms with Crippen LogP contribution in [-0.2, 0) is 7.05 Å². The molecule has 0 spiro atoms. The number of hydrogen-bond donors (Lipinski definition) is 2. The second-order valence-corrected chi connectivity index (χ2v) is 6.23. The number of nitrogens with one attached hydrogen (secondary N) is 2. The van der Waals surface area contributed by atoms with Gasteiger partial charge in [-0.2, -0.15) is 10.2 Å². The van der Waals surface area contributed by atoms with Gasteiger partial charge in [-0.1, -0.05) is 6.07 Å². The van der Waals surface area contributed by atoms with E-state index in [1.807, 2.05) is 38.2 Å². The average Bonchev–Trinajstić information content (AvgIpc) is 3.07. The number of carbonyl (C=O) groups is 1. The number of benzene rings is 2. The minimum atomic E-state index is -0.338. The highest BCUT2D eigenvalue weighted by Crippen LogP contribution is 2.24. The first-order chi connectivity index (χ1) is 13.6. The summed E-state index contributed by atoms with van der Waals surface area (Å²) in [7, 11) is 1.86. The molecule has 2 aromatic carbocycles. The third-order valence-electron chi connectivity index (χ3n) is 4.15. The zero-order valence-corrected chi connectivity index (χ0v) is 15.4. The van der Waals surface area contributed by atoms with Crippen molar-refractivity contribution in [1.29, 1.82) is 0 Å². The Balaban J connectivity index is 1.41. The molecule has 0 saturated carbocycles. The molecule has 0 bridgehead atoms. The van der Waals surface area contributed by atoms with Gasteiger partial charge in [0, 0.05) is 24.2 Å². The molecule has 2 heterocycles. The summed E-state index contributed by atoms with van der Waals surface area (Å²) in [6.45, 7) is 1.86. The number of carbonyl (C=O) groups excluding carboxylic acids is 1. The lowest BCUT2D eigenvalue weighted by Gasteiger charge is -2.09. The standard InChI is InChI=1S/C20H18N6O2/c1-13-6-11-19(25-24-13)28-15-9-7-14(8-10-15)22-20(27)23-17-4-3-5-18-16(17)12-21-26(18)2/h3-12H,1-2H3,(H2,22,23,27). The number of fused-ring (bicyclic) bond motifs is 1. The number of aryl methyl sites for hydroxylation is 2. The van der Waals surface area contributed by atoms with Gasteiger partial charge in [0.1, 0.15) is 5.75 Å². The third-order valence-corrected chi connectivity index (χ3v) is 4.15. The Morgan fingerprint density at radius 3 is 2.57 bits per heavy atom. The van der Waals surface area contributed by atoms with Gasteiger partial charge in [-0.3, -0.25) is 4.68 Å². The number of anilines is 2. The summed E-state index contributed by atoms with van der Waals surface area (Å²) in [4.78, 5) is 12.3. The predicted octanol–water partition coefficient (Wildman–Crippen LogP) is 4.11. The molecule has 0 aliphatic heterocycles. The van der Waals surface area contributed by atoms with E-state index in [1.165, 1.54) is 0 Å². The molecule has 0 unspecified atom stereocenters. The molecule has 0 radical (unpaired) electrons. The molecule has 0 atom stereocenters. The zero-order valence-electron chi connectivity index (χ0n) is 15.4. The van der Waals surface area contributed by atoms with Crippen molar-refractivity contribution in [3.63, 3.8) is 0 Å². The van der Waals surface area contributed by atoms with Gasteiger partial charge in [0.15, 0.2) is 0 Å². The smallest absolute Gasteiger partial charge is 0.323 e. The Labute approximate surface area is 161 Å². The summed E-state index contributed by atoms with van der Waals surface area (Å²) in [6, 6.07) is 15.9. The second kappa shape index (κ2) is 7.36. The number of urea groups is 1. The summed E-state index contributed by atoms with van der Waals surface area (Å²) < 4.78 is 7.39. The van der Waals surface area contributed by atoms with E-state index in [-0.39, 0.29) is 6.03 Å². The number of nitrogens with zero attached hydrogens (tertiary/aromatic N) is 4. The van der Waals surface area contributed by atoms with Crippen LogP contribution in [0.2, 0.25) is 0 Å². The molecule has 0 aliphatic carbocycles. The van der Waals surface area contributed by atoms with Crippen LogP contribution >= 0.6 is 0 Å². The highest BCUT2D eigenvalue weighted by atomic mass is 16.5. The first-order valence-corrected chi connectivity index (χ1v) is 8.65. The van der Waals surface area contributed by atoms with E-state index in [9.17, 15) is 4.79 Å². The summed E-state index contributed by atoms with van der Waals surface area (Å²) in [5, 5.41) is 18.7. The van der Waals surface area contributed by atoms with Crippen molar-refractivity contribution in [2.75, 3.05) is 10.6 Å². The van der Waals surface area contributed by atoms with Crippen molar-refractivity contribution >= 4 is 28.3 Å². The van der Waals surface area contributed by atoms with Crippen molar-refractivity contribution in [3.05, 3.63) is 66.5 Å². The zero-order chi connectivity index (χ0) is 19.5. The molecule has 2 N–H and O–H groups in total. The maximum atomic E-state index is 12.3. The van der Waals surface area contributed by atoms with Crippen LogP contribution in [0.25, 0.3) is 10.9 Å². The van der Waals surface area contributed by atoms with E-state index in [2.05, 4.69) is 25.9 Å². The van der Waals surface area contributed by atoms with E-state index < -0.39 is 0 Å². The van der Waals surface area contributed by atoms with Gasteiger partial charge in [-0.25, -0.2) is 4.79 Å². The van der Waals surface area contributed by atoms with Gasteiger partial charge in [-0.05, 0) is 49.4 Å². The molecule has 4 aromatic rings. The summed E-state index contributed by atoms with van der Waals surface area (Å²) in [5.74, 6) is 1.01. The molecule has 2 aromatic heterocycles. The summed E-state index contributed by atoms with van der Waals surface area (Å²) in [5.41, 5.74) is 3.09. The first kappa shape index (κ1) is 17.5. The predicted molar refractivity (Wildman–Crippen MR) is 107 cm³/mol. The average molecular weight is 374 g/mol. The molecule has 2 amide bonds. The normalized spacial score (nSPS) is 10.6. The van der Waals surface area contributed by atoms with Gasteiger partial charge in [-0.15, -0.1) is 5.10 Å². The highest BCUT2D eigenvalue weighted by molar-refractivity contribution is 6.05. The van der Waals surface area contributed by atoms with Gasteiger partial charge >= 0.3 is 6.03 Å². The Morgan fingerprint density at radius 1 is 1.00 bits per heavy atom. The number of hydrogen-bond acceptors (Lipinski definition) is 5. The molecular weight excluding hydrogens is 356 g/mol. The topological polar surface area (TPSA) is 94.0 Å². The van der Waals surface area contributed by atoms with Crippen LogP contribution in [0.1, 0.15) is 5.69 Å². The number of rotatable bonds is 4. The molecule has 0 aliphatic rings. The summed E-state index contributed by atoms with van der Waals surface area (Å²) in [6.07, 6.45) is 1.73. The van der Waals surface area contributed by atoms with Crippen molar-refractivity contribution in [2.24, 2.45) is 7.05 Å². The lowest BCUT2D eigenvalue weighted by atomic mass is 10.2. The molecule has 4 rings (SSSR count). The van der Waals surface area contributed by atoms with E-state index in [1.54, 1.807) is 41.2 Å². The number of aromatic nitrogens is 4.